The standard InChI is InChI=1S/C20H24N2O3/c1-14-7-6-10-17(13-14)20(25)22-15(2)19(24)21-12-11-18(23)16-8-4-3-5-9-16/h3-10,13,15,18,23H,11-12H2,1-2H3,(H,21,24)(H,22,25)/t15-,18+/m0/s1. The molecular weight excluding hydrogens is 316 g/mol. The van der Waals surface area contributed by atoms with E-state index in [1.54, 1.807) is 25.1 Å². The Morgan fingerprint density at radius 2 is 1.80 bits per heavy atom. The van der Waals surface area contributed by atoms with Crippen LogP contribution >= 0.6 is 0 Å². The summed E-state index contributed by atoms with van der Waals surface area (Å²) in [6, 6.07) is 15.8. The summed E-state index contributed by atoms with van der Waals surface area (Å²) in [5.41, 5.74) is 2.33. The fraction of sp³-hybridized carbons (Fsp3) is 0.300. The first-order valence-electron chi connectivity index (χ1n) is 8.35. The topological polar surface area (TPSA) is 78.4 Å². The molecule has 0 bridgehead atoms. The maximum Gasteiger partial charge on any atom is 0.251 e. The molecule has 2 aromatic rings. The molecule has 0 saturated carbocycles. The van der Waals surface area contributed by atoms with E-state index in [9.17, 15) is 14.7 Å². The quantitative estimate of drug-likeness (QED) is 0.724. The molecule has 25 heavy (non-hydrogen) atoms. The Labute approximate surface area is 148 Å². The highest BCUT2D eigenvalue weighted by Crippen LogP contribution is 2.14. The summed E-state index contributed by atoms with van der Waals surface area (Å²) in [7, 11) is 0. The molecule has 0 spiro atoms. The van der Waals surface area contributed by atoms with Gasteiger partial charge in [0, 0.05) is 12.1 Å². The van der Waals surface area contributed by atoms with Gasteiger partial charge in [0.25, 0.3) is 5.91 Å². The van der Waals surface area contributed by atoms with Crippen LogP contribution in [0.25, 0.3) is 0 Å². The van der Waals surface area contributed by atoms with Gasteiger partial charge in [-0.05, 0) is 38.0 Å². The zero-order valence-corrected chi connectivity index (χ0v) is 14.5. The molecule has 0 saturated heterocycles. The van der Waals surface area contributed by atoms with E-state index in [1.807, 2.05) is 43.3 Å². The number of carbonyl (C=O) groups is 2. The number of rotatable bonds is 7. The third-order valence-electron chi connectivity index (χ3n) is 3.92. The van der Waals surface area contributed by atoms with Crippen LogP contribution in [0.5, 0.6) is 0 Å². The van der Waals surface area contributed by atoms with Crippen molar-refractivity contribution in [2.75, 3.05) is 6.54 Å². The zero-order valence-electron chi connectivity index (χ0n) is 14.5. The second-order valence-corrected chi connectivity index (χ2v) is 6.07. The molecule has 5 nitrogen and oxygen atoms in total. The van der Waals surface area contributed by atoms with E-state index in [1.165, 1.54) is 0 Å². The lowest BCUT2D eigenvalue weighted by Crippen LogP contribution is -2.45. The summed E-state index contributed by atoms with van der Waals surface area (Å²) in [5.74, 6) is -0.558. The van der Waals surface area contributed by atoms with Gasteiger partial charge in [-0.2, -0.15) is 0 Å². The van der Waals surface area contributed by atoms with Gasteiger partial charge in [0.05, 0.1) is 6.10 Å². The Morgan fingerprint density at radius 1 is 1.08 bits per heavy atom. The summed E-state index contributed by atoms with van der Waals surface area (Å²) in [5, 5.41) is 15.5. The van der Waals surface area contributed by atoms with Crippen molar-refractivity contribution in [3.8, 4) is 0 Å². The molecule has 5 heteroatoms. The Morgan fingerprint density at radius 3 is 2.48 bits per heavy atom. The summed E-state index contributed by atoms with van der Waals surface area (Å²) >= 11 is 0. The summed E-state index contributed by atoms with van der Waals surface area (Å²) in [4.78, 5) is 24.2. The van der Waals surface area contributed by atoms with Crippen LogP contribution in [0.15, 0.2) is 54.6 Å². The van der Waals surface area contributed by atoms with E-state index in [2.05, 4.69) is 10.6 Å². The number of aliphatic hydroxyl groups excluding tert-OH is 1. The minimum Gasteiger partial charge on any atom is -0.388 e. The lowest BCUT2D eigenvalue weighted by molar-refractivity contribution is -0.122. The molecule has 0 aliphatic carbocycles. The second kappa shape index (κ2) is 8.99. The number of hydrogen-bond acceptors (Lipinski definition) is 3. The maximum atomic E-state index is 12.1. The highest BCUT2D eigenvalue weighted by molar-refractivity contribution is 5.97. The monoisotopic (exact) mass is 340 g/mol. The van der Waals surface area contributed by atoms with Crippen LogP contribution in [0.1, 0.15) is 40.9 Å². The lowest BCUT2D eigenvalue weighted by Gasteiger charge is -2.16. The molecule has 2 amide bonds. The van der Waals surface area contributed by atoms with E-state index in [0.717, 1.165) is 11.1 Å². The molecule has 2 rings (SSSR count). The van der Waals surface area contributed by atoms with Crippen molar-refractivity contribution in [1.29, 1.82) is 0 Å². The molecule has 0 heterocycles. The van der Waals surface area contributed by atoms with Gasteiger partial charge < -0.3 is 15.7 Å². The molecule has 0 aliphatic rings. The molecule has 0 radical (unpaired) electrons. The first kappa shape index (κ1) is 18.7. The second-order valence-electron chi connectivity index (χ2n) is 6.07. The van der Waals surface area contributed by atoms with Crippen LogP contribution in [-0.4, -0.2) is 29.5 Å². The molecule has 0 aliphatic heterocycles. The van der Waals surface area contributed by atoms with Crippen LogP contribution in [0.3, 0.4) is 0 Å². The highest BCUT2D eigenvalue weighted by atomic mass is 16.3. The van der Waals surface area contributed by atoms with Gasteiger partial charge >= 0.3 is 0 Å². The summed E-state index contributed by atoms with van der Waals surface area (Å²) in [6.07, 6.45) is -0.215. The molecular formula is C20H24N2O3. The number of aliphatic hydroxyl groups is 1. The Kier molecular flexibility index (Phi) is 6.71. The SMILES string of the molecule is Cc1cccc(C(=O)N[C@@H](C)C(=O)NCC[C@@H](O)c2ccccc2)c1. The van der Waals surface area contributed by atoms with E-state index in [-0.39, 0.29) is 11.8 Å². The predicted octanol–water partition coefficient (Wildman–Crippen LogP) is 2.35. The van der Waals surface area contributed by atoms with Crippen LogP contribution in [-0.2, 0) is 4.79 Å². The van der Waals surface area contributed by atoms with E-state index < -0.39 is 12.1 Å². The number of benzene rings is 2. The van der Waals surface area contributed by atoms with E-state index in [0.29, 0.717) is 18.5 Å². The largest absolute Gasteiger partial charge is 0.388 e. The van der Waals surface area contributed by atoms with Gasteiger partial charge in [0.15, 0.2) is 0 Å². The first-order chi connectivity index (χ1) is 12.0. The van der Waals surface area contributed by atoms with Crippen molar-refractivity contribution in [2.24, 2.45) is 0 Å². The number of amides is 2. The third-order valence-corrected chi connectivity index (χ3v) is 3.92. The van der Waals surface area contributed by atoms with E-state index >= 15 is 0 Å². The molecule has 3 N–H and O–H groups in total. The zero-order chi connectivity index (χ0) is 18.2. The van der Waals surface area contributed by atoms with Crippen molar-refractivity contribution in [2.45, 2.75) is 32.4 Å². The van der Waals surface area contributed by atoms with Crippen molar-refractivity contribution in [1.82, 2.24) is 10.6 Å². The average Bonchev–Trinajstić information content (AvgIpc) is 2.62. The van der Waals surface area contributed by atoms with Crippen molar-refractivity contribution < 1.29 is 14.7 Å². The molecule has 2 atom stereocenters. The highest BCUT2D eigenvalue weighted by Gasteiger charge is 2.17. The van der Waals surface area contributed by atoms with Crippen LogP contribution in [0.4, 0.5) is 0 Å². The minimum atomic E-state index is -0.651. The van der Waals surface area contributed by atoms with Gasteiger partial charge in [0.1, 0.15) is 6.04 Å². The van der Waals surface area contributed by atoms with Crippen LogP contribution < -0.4 is 10.6 Å². The van der Waals surface area contributed by atoms with Gasteiger partial charge in [-0.3, -0.25) is 9.59 Å². The maximum absolute atomic E-state index is 12.1. The molecule has 0 unspecified atom stereocenters. The van der Waals surface area contributed by atoms with Gasteiger partial charge in [-0.15, -0.1) is 0 Å². The normalized spacial score (nSPS) is 12.9. The molecule has 2 aromatic carbocycles. The third kappa shape index (κ3) is 5.72. The Balaban J connectivity index is 1.77. The predicted molar refractivity (Wildman–Crippen MR) is 97.1 cm³/mol. The summed E-state index contributed by atoms with van der Waals surface area (Å²) in [6.45, 7) is 3.88. The molecule has 0 aromatic heterocycles. The fourth-order valence-electron chi connectivity index (χ4n) is 2.46. The van der Waals surface area contributed by atoms with Gasteiger partial charge in [0.2, 0.25) is 5.91 Å². The smallest absolute Gasteiger partial charge is 0.251 e. The van der Waals surface area contributed by atoms with Crippen molar-refractivity contribution >= 4 is 11.8 Å². The molecule has 132 valence electrons. The molecule has 0 fully saturated rings. The van der Waals surface area contributed by atoms with Gasteiger partial charge in [-0.25, -0.2) is 0 Å². The first-order valence-corrected chi connectivity index (χ1v) is 8.35. The van der Waals surface area contributed by atoms with Crippen LogP contribution in [0.2, 0.25) is 0 Å². The van der Waals surface area contributed by atoms with Gasteiger partial charge in [-0.1, -0.05) is 48.0 Å². The fourth-order valence-corrected chi connectivity index (χ4v) is 2.46. The van der Waals surface area contributed by atoms with Crippen molar-refractivity contribution in [3.05, 3.63) is 71.3 Å². The minimum absolute atomic E-state index is 0.277. The Bertz CT molecular complexity index is 716. The number of nitrogens with one attached hydrogen (secondary N) is 2. The van der Waals surface area contributed by atoms with Crippen LogP contribution in [0, 0.1) is 6.92 Å². The van der Waals surface area contributed by atoms with Crippen molar-refractivity contribution in [3.63, 3.8) is 0 Å². The summed E-state index contributed by atoms with van der Waals surface area (Å²) < 4.78 is 0. The Hall–Kier alpha value is -2.66. The number of hydrogen-bond donors (Lipinski definition) is 3. The lowest BCUT2D eigenvalue weighted by atomic mass is 10.1. The van der Waals surface area contributed by atoms with E-state index in [4.69, 9.17) is 0 Å². The number of carbonyl (C=O) groups excluding carboxylic acids is 2. The number of aryl methyl sites for hydroxylation is 1. The average molecular weight is 340 g/mol.